The maximum absolute atomic E-state index is 11.8. The minimum Gasteiger partial charge on any atom is -0.352 e. The molecule has 2 rings (SSSR count). The van der Waals surface area contributed by atoms with E-state index in [1.165, 1.54) is 26.2 Å². The van der Waals surface area contributed by atoms with Crippen molar-refractivity contribution >= 4 is 5.91 Å². The fourth-order valence-corrected chi connectivity index (χ4v) is 2.59. The Balaban J connectivity index is 1.53. The van der Waals surface area contributed by atoms with Gasteiger partial charge in [-0.05, 0) is 38.1 Å². The lowest BCUT2D eigenvalue weighted by Crippen LogP contribution is -2.46. The molecule has 0 aromatic carbocycles. The van der Waals surface area contributed by atoms with Gasteiger partial charge in [-0.2, -0.15) is 0 Å². The number of rotatable bonds is 7. The average molecular weight is 290 g/mol. The molecule has 0 aliphatic carbocycles. The van der Waals surface area contributed by atoms with Crippen LogP contribution in [0.2, 0.25) is 0 Å². The van der Waals surface area contributed by atoms with Gasteiger partial charge in [-0.3, -0.25) is 9.78 Å². The van der Waals surface area contributed by atoms with E-state index in [2.05, 4.69) is 27.0 Å². The van der Waals surface area contributed by atoms with Crippen LogP contribution in [0.4, 0.5) is 0 Å². The lowest BCUT2D eigenvalue weighted by atomic mass is 10.2. The Labute approximate surface area is 127 Å². The van der Waals surface area contributed by atoms with E-state index in [4.69, 9.17) is 0 Å². The molecule has 1 saturated heterocycles. The first-order valence-electron chi connectivity index (χ1n) is 7.92. The Kier molecular flexibility index (Phi) is 6.63. The van der Waals surface area contributed by atoms with Crippen LogP contribution < -0.4 is 5.32 Å². The van der Waals surface area contributed by atoms with Gasteiger partial charge in [0.1, 0.15) is 0 Å². The van der Waals surface area contributed by atoms with E-state index in [0.29, 0.717) is 5.56 Å². The van der Waals surface area contributed by atoms with Crippen LogP contribution >= 0.6 is 0 Å². The van der Waals surface area contributed by atoms with Crippen LogP contribution in [-0.2, 0) is 0 Å². The highest BCUT2D eigenvalue weighted by atomic mass is 16.1. The van der Waals surface area contributed by atoms with Crippen LogP contribution in [-0.4, -0.2) is 66.5 Å². The van der Waals surface area contributed by atoms with E-state index in [-0.39, 0.29) is 5.91 Å². The highest BCUT2D eigenvalue weighted by Gasteiger charge is 2.14. The summed E-state index contributed by atoms with van der Waals surface area (Å²) in [6, 6.07) is 3.57. The maximum Gasteiger partial charge on any atom is 0.252 e. The summed E-state index contributed by atoms with van der Waals surface area (Å²) >= 11 is 0. The normalized spacial score (nSPS) is 16.8. The zero-order chi connectivity index (χ0) is 14.9. The van der Waals surface area contributed by atoms with Crippen LogP contribution in [0.1, 0.15) is 30.1 Å². The molecule has 1 N–H and O–H groups in total. The minimum absolute atomic E-state index is 0.0281. The summed E-state index contributed by atoms with van der Waals surface area (Å²) in [5.41, 5.74) is 0.633. The molecule has 21 heavy (non-hydrogen) atoms. The van der Waals surface area contributed by atoms with Gasteiger partial charge >= 0.3 is 0 Å². The lowest BCUT2D eigenvalue weighted by molar-refractivity contribution is 0.0951. The van der Waals surface area contributed by atoms with Crippen LogP contribution in [0.15, 0.2) is 24.5 Å². The van der Waals surface area contributed by atoms with Gasteiger partial charge in [0.25, 0.3) is 5.91 Å². The molecule has 1 aromatic rings. The quantitative estimate of drug-likeness (QED) is 0.767. The number of hydrogen-bond donors (Lipinski definition) is 1. The Morgan fingerprint density at radius 3 is 2.67 bits per heavy atom. The van der Waals surface area contributed by atoms with Crippen molar-refractivity contribution in [3.63, 3.8) is 0 Å². The van der Waals surface area contributed by atoms with Crippen molar-refractivity contribution in [2.75, 3.05) is 45.8 Å². The Morgan fingerprint density at radius 1 is 1.24 bits per heavy atom. The van der Waals surface area contributed by atoms with Crippen molar-refractivity contribution in [3.8, 4) is 0 Å². The Morgan fingerprint density at radius 2 is 2.00 bits per heavy atom. The molecule has 1 fully saturated rings. The number of piperazine rings is 1. The SMILES string of the molecule is CCN1CCN(CCCCNC(=O)c2cccnc2)CC1. The zero-order valence-electron chi connectivity index (χ0n) is 12.9. The third kappa shape index (κ3) is 5.44. The second kappa shape index (κ2) is 8.74. The Bertz CT molecular complexity index is 416. The van der Waals surface area contributed by atoms with Crippen LogP contribution in [0, 0.1) is 0 Å². The maximum atomic E-state index is 11.8. The predicted molar refractivity (Wildman–Crippen MR) is 84.4 cm³/mol. The highest BCUT2D eigenvalue weighted by Crippen LogP contribution is 2.03. The molecular formula is C16H26N4O. The first kappa shape index (κ1) is 15.9. The summed E-state index contributed by atoms with van der Waals surface area (Å²) in [6.07, 6.45) is 5.44. The van der Waals surface area contributed by atoms with Gasteiger partial charge in [0, 0.05) is 45.1 Å². The van der Waals surface area contributed by atoms with Gasteiger partial charge in [-0.1, -0.05) is 6.92 Å². The van der Waals surface area contributed by atoms with Gasteiger partial charge in [0.15, 0.2) is 0 Å². The third-order valence-corrected chi connectivity index (χ3v) is 4.02. The number of hydrogen-bond acceptors (Lipinski definition) is 4. The second-order valence-corrected chi connectivity index (χ2v) is 5.48. The fourth-order valence-electron chi connectivity index (χ4n) is 2.59. The van der Waals surface area contributed by atoms with Gasteiger partial charge in [0.2, 0.25) is 0 Å². The number of likely N-dealkylation sites (N-methyl/N-ethyl adjacent to an activating group) is 1. The standard InChI is InChI=1S/C16H26N4O/c1-2-19-10-12-20(13-11-19)9-4-3-8-18-16(21)15-6-5-7-17-14-15/h5-7,14H,2-4,8-13H2,1H3,(H,18,21). The molecule has 5 heteroatoms. The number of nitrogens with one attached hydrogen (secondary N) is 1. The molecule has 2 heterocycles. The topological polar surface area (TPSA) is 48.5 Å². The first-order valence-corrected chi connectivity index (χ1v) is 7.92. The largest absolute Gasteiger partial charge is 0.352 e. The summed E-state index contributed by atoms with van der Waals surface area (Å²) in [7, 11) is 0. The first-order chi connectivity index (χ1) is 10.3. The van der Waals surface area contributed by atoms with E-state index in [9.17, 15) is 4.79 Å². The molecule has 116 valence electrons. The molecule has 0 radical (unpaired) electrons. The summed E-state index contributed by atoms with van der Waals surface area (Å²) in [5.74, 6) is -0.0281. The van der Waals surface area contributed by atoms with Crippen molar-refractivity contribution in [2.24, 2.45) is 0 Å². The number of nitrogens with zero attached hydrogens (tertiary/aromatic N) is 3. The molecule has 1 aliphatic heterocycles. The van der Waals surface area contributed by atoms with E-state index in [1.54, 1.807) is 24.5 Å². The van der Waals surface area contributed by atoms with Crippen LogP contribution in [0.25, 0.3) is 0 Å². The van der Waals surface area contributed by atoms with Gasteiger partial charge in [-0.15, -0.1) is 0 Å². The van der Waals surface area contributed by atoms with Crippen LogP contribution in [0.3, 0.4) is 0 Å². The van der Waals surface area contributed by atoms with Gasteiger partial charge in [-0.25, -0.2) is 0 Å². The second-order valence-electron chi connectivity index (χ2n) is 5.48. The smallest absolute Gasteiger partial charge is 0.252 e. The van der Waals surface area contributed by atoms with Gasteiger partial charge < -0.3 is 15.1 Å². The molecule has 0 saturated carbocycles. The number of pyridine rings is 1. The average Bonchev–Trinajstić information content (AvgIpc) is 2.55. The molecule has 0 spiro atoms. The molecular weight excluding hydrogens is 264 g/mol. The molecule has 0 unspecified atom stereocenters. The summed E-state index contributed by atoms with van der Waals surface area (Å²) in [5, 5.41) is 2.95. The Hall–Kier alpha value is -1.46. The zero-order valence-corrected chi connectivity index (χ0v) is 12.9. The minimum atomic E-state index is -0.0281. The van der Waals surface area contributed by atoms with Crippen molar-refractivity contribution < 1.29 is 4.79 Å². The van der Waals surface area contributed by atoms with Crippen molar-refractivity contribution in [2.45, 2.75) is 19.8 Å². The molecule has 0 bridgehead atoms. The van der Waals surface area contributed by atoms with Gasteiger partial charge in [0.05, 0.1) is 5.56 Å². The third-order valence-electron chi connectivity index (χ3n) is 4.02. The van der Waals surface area contributed by atoms with Crippen molar-refractivity contribution in [1.82, 2.24) is 20.1 Å². The van der Waals surface area contributed by atoms with E-state index in [0.717, 1.165) is 32.5 Å². The molecule has 5 nitrogen and oxygen atoms in total. The van der Waals surface area contributed by atoms with E-state index >= 15 is 0 Å². The van der Waals surface area contributed by atoms with Crippen molar-refractivity contribution in [1.29, 1.82) is 0 Å². The highest BCUT2D eigenvalue weighted by molar-refractivity contribution is 5.93. The monoisotopic (exact) mass is 290 g/mol. The van der Waals surface area contributed by atoms with Crippen molar-refractivity contribution in [3.05, 3.63) is 30.1 Å². The molecule has 0 atom stereocenters. The molecule has 1 amide bonds. The van der Waals surface area contributed by atoms with E-state index in [1.807, 2.05) is 0 Å². The number of unbranched alkanes of at least 4 members (excludes halogenated alkanes) is 1. The number of aromatic nitrogens is 1. The molecule has 1 aliphatic rings. The van der Waals surface area contributed by atoms with E-state index < -0.39 is 0 Å². The molecule has 1 aromatic heterocycles. The summed E-state index contributed by atoms with van der Waals surface area (Å²) in [6.45, 7) is 9.99. The number of carbonyl (C=O) groups is 1. The predicted octanol–water partition coefficient (Wildman–Crippen LogP) is 1.23. The van der Waals surface area contributed by atoms with Crippen LogP contribution in [0.5, 0.6) is 0 Å². The summed E-state index contributed by atoms with van der Waals surface area (Å²) < 4.78 is 0. The number of carbonyl (C=O) groups excluding carboxylic acids is 1. The fraction of sp³-hybridized carbons (Fsp3) is 0.625. The number of amides is 1. The lowest BCUT2D eigenvalue weighted by Gasteiger charge is -2.33. The summed E-state index contributed by atoms with van der Waals surface area (Å²) in [4.78, 5) is 20.8.